The van der Waals surface area contributed by atoms with Gasteiger partial charge in [0.25, 0.3) is 5.91 Å². The lowest BCUT2D eigenvalue weighted by Crippen LogP contribution is -2.25. The molecule has 3 amide bonds. The van der Waals surface area contributed by atoms with Crippen LogP contribution in [0.25, 0.3) is 0 Å². The normalized spacial score (nSPS) is 12.9. The van der Waals surface area contributed by atoms with Crippen molar-refractivity contribution < 1.29 is 27.5 Å². The maximum Gasteiger partial charge on any atom is 0.416 e. The van der Waals surface area contributed by atoms with Crippen LogP contribution < -0.4 is 20.3 Å². The number of anilines is 3. The molecule has 3 aromatic carbocycles. The van der Waals surface area contributed by atoms with Gasteiger partial charge in [0.05, 0.1) is 16.8 Å². The topological polar surface area (TPSA) is 70.7 Å². The number of benzene rings is 3. The first-order valence-corrected chi connectivity index (χ1v) is 9.58. The summed E-state index contributed by atoms with van der Waals surface area (Å²) in [5, 5.41) is 4.89. The molecule has 4 rings (SSSR count). The number of urea groups is 1. The van der Waals surface area contributed by atoms with E-state index in [-0.39, 0.29) is 22.8 Å². The Morgan fingerprint density at radius 2 is 1.62 bits per heavy atom. The molecule has 0 fully saturated rings. The number of amides is 3. The van der Waals surface area contributed by atoms with Crippen molar-refractivity contribution in [2.24, 2.45) is 0 Å². The molecule has 164 valence electrons. The third-order valence-corrected chi connectivity index (χ3v) is 4.92. The highest BCUT2D eigenvalue weighted by Gasteiger charge is 2.30. The lowest BCUT2D eigenvalue weighted by atomic mass is 10.1. The summed E-state index contributed by atoms with van der Waals surface area (Å²) in [6.07, 6.45) is -4.52. The number of hydrogen-bond acceptors (Lipinski definition) is 3. The summed E-state index contributed by atoms with van der Waals surface area (Å²) in [7, 11) is 1.62. The smallest absolute Gasteiger partial charge is 0.416 e. The van der Waals surface area contributed by atoms with Gasteiger partial charge >= 0.3 is 12.2 Å². The zero-order chi connectivity index (χ0) is 23.0. The molecule has 1 heterocycles. The molecule has 0 atom stereocenters. The van der Waals surface area contributed by atoms with Crippen LogP contribution in [0.3, 0.4) is 0 Å². The van der Waals surface area contributed by atoms with Crippen molar-refractivity contribution in [3.8, 4) is 11.5 Å². The minimum Gasteiger partial charge on any atom is -0.454 e. The molecule has 0 saturated heterocycles. The van der Waals surface area contributed by atoms with Gasteiger partial charge in [-0.2, -0.15) is 13.2 Å². The maximum absolute atomic E-state index is 13.0. The van der Waals surface area contributed by atoms with Crippen molar-refractivity contribution in [2.75, 3.05) is 22.6 Å². The predicted molar refractivity (Wildman–Crippen MR) is 115 cm³/mol. The molecule has 32 heavy (non-hydrogen) atoms. The number of halogens is 3. The van der Waals surface area contributed by atoms with E-state index in [1.807, 2.05) is 19.1 Å². The van der Waals surface area contributed by atoms with E-state index in [1.165, 1.54) is 29.2 Å². The third-order valence-electron chi connectivity index (χ3n) is 4.92. The van der Waals surface area contributed by atoms with Gasteiger partial charge in [-0.1, -0.05) is 12.1 Å². The minimum absolute atomic E-state index is 0.0166. The van der Waals surface area contributed by atoms with Crippen LogP contribution in [0.1, 0.15) is 21.5 Å². The Labute approximate surface area is 181 Å². The van der Waals surface area contributed by atoms with Crippen molar-refractivity contribution in [2.45, 2.75) is 13.1 Å². The average Bonchev–Trinajstić information content (AvgIpc) is 2.83. The van der Waals surface area contributed by atoms with Gasteiger partial charge in [0.1, 0.15) is 5.75 Å². The number of aryl methyl sites for hydroxylation is 1. The van der Waals surface area contributed by atoms with Crippen molar-refractivity contribution in [3.05, 3.63) is 77.4 Å². The van der Waals surface area contributed by atoms with Crippen LogP contribution >= 0.6 is 0 Å². The van der Waals surface area contributed by atoms with Gasteiger partial charge in [-0.25, -0.2) is 4.79 Å². The minimum atomic E-state index is -4.52. The van der Waals surface area contributed by atoms with Crippen LogP contribution in [0.2, 0.25) is 0 Å². The van der Waals surface area contributed by atoms with Gasteiger partial charge in [-0.05, 0) is 61.0 Å². The quantitative estimate of drug-likeness (QED) is 0.509. The van der Waals surface area contributed by atoms with Crippen LogP contribution in [0.4, 0.5) is 35.0 Å². The van der Waals surface area contributed by atoms with Crippen molar-refractivity contribution >= 4 is 29.0 Å². The largest absolute Gasteiger partial charge is 0.454 e. The fraction of sp³-hybridized carbons (Fsp3) is 0.130. The summed E-state index contributed by atoms with van der Waals surface area (Å²) in [6.45, 7) is 1.90. The van der Waals surface area contributed by atoms with Crippen molar-refractivity contribution in [1.82, 2.24) is 0 Å². The zero-order valence-corrected chi connectivity index (χ0v) is 17.1. The fourth-order valence-electron chi connectivity index (χ4n) is 3.31. The van der Waals surface area contributed by atoms with Crippen molar-refractivity contribution in [1.29, 1.82) is 0 Å². The first-order valence-electron chi connectivity index (χ1n) is 9.58. The second-order valence-electron chi connectivity index (χ2n) is 7.31. The second-order valence-corrected chi connectivity index (χ2v) is 7.31. The zero-order valence-electron chi connectivity index (χ0n) is 17.1. The standard InChI is InChI=1S/C23H18F3N3O3/c1-13-6-8-20-18(10-13)29(2)21(30)17-12-16(7-9-19(17)32-20)28-22(31)27-15-5-3-4-14(11-15)23(24,25)26/h3-12H,1-2H3,(H2,27,28,31). The van der Waals surface area contributed by atoms with E-state index >= 15 is 0 Å². The summed E-state index contributed by atoms with van der Waals surface area (Å²) in [4.78, 5) is 26.8. The number of nitrogens with one attached hydrogen (secondary N) is 2. The van der Waals surface area contributed by atoms with Gasteiger partial charge in [-0.15, -0.1) is 0 Å². The molecule has 0 aliphatic carbocycles. The van der Waals surface area contributed by atoms with Gasteiger partial charge in [0.15, 0.2) is 5.75 Å². The summed E-state index contributed by atoms with van der Waals surface area (Å²) < 4.78 is 44.5. The molecule has 0 radical (unpaired) electrons. The number of carbonyl (C=O) groups excluding carboxylic acids is 2. The SMILES string of the molecule is Cc1ccc2c(c1)N(C)C(=O)c1cc(NC(=O)Nc3cccc(C(F)(F)F)c3)ccc1O2. The second kappa shape index (κ2) is 7.92. The molecule has 0 unspecified atom stereocenters. The van der Waals surface area contributed by atoms with E-state index in [0.29, 0.717) is 17.2 Å². The number of hydrogen-bond donors (Lipinski definition) is 2. The van der Waals surface area contributed by atoms with E-state index < -0.39 is 17.8 Å². The number of fused-ring (bicyclic) bond motifs is 2. The van der Waals surface area contributed by atoms with Gasteiger partial charge in [0.2, 0.25) is 0 Å². The highest BCUT2D eigenvalue weighted by atomic mass is 19.4. The number of carbonyl (C=O) groups is 2. The monoisotopic (exact) mass is 441 g/mol. The highest BCUT2D eigenvalue weighted by molar-refractivity contribution is 6.10. The molecule has 1 aliphatic heterocycles. The van der Waals surface area contributed by atoms with Crippen LogP contribution in [0.5, 0.6) is 11.5 Å². The number of nitrogens with zero attached hydrogens (tertiary/aromatic N) is 1. The first kappa shape index (κ1) is 21.2. The fourth-order valence-corrected chi connectivity index (χ4v) is 3.31. The first-order chi connectivity index (χ1) is 15.1. The summed E-state index contributed by atoms with van der Waals surface area (Å²) in [6, 6.07) is 13.6. The highest BCUT2D eigenvalue weighted by Crippen LogP contribution is 2.39. The Bertz CT molecular complexity index is 1220. The number of alkyl halides is 3. The Balaban J connectivity index is 1.55. The molecule has 1 aliphatic rings. The third kappa shape index (κ3) is 4.22. The number of ether oxygens (including phenoxy) is 1. The van der Waals surface area contributed by atoms with Crippen molar-refractivity contribution in [3.63, 3.8) is 0 Å². The van der Waals surface area contributed by atoms with E-state index in [4.69, 9.17) is 4.74 Å². The molecular weight excluding hydrogens is 423 g/mol. The summed E-state index contributed by atoms with van der Waals surface area (Å²) in [5.74, 6) is 0.521. The molecular formula is C23H18F3N3O3. The van der Waals surface area contributed by atoms with Gasteiger partial charge < -0.3 is 20.3 Å². The summed E-state index contributed by atoms with van der Waals surface area (Å²) in [5.41, 5.74) is 1.20. The Morgan fingerprint density at radius 3 is 2.34 bits per heavy atom. The maximum atomic E-state index is 13.0. The number of rotatable bonds is 2. The molecule has 3 aromatic rings. The molecule has 0 saturated carbocycles. The van der Waals surface area contributed by atoms with Gasteiger partial charge in [-0.3, -0.25) is 4.79 Å². The Hall–Kier alpha value is -4.01. The van der Waals surface area contributed by atoms with E-state index in [2.05, 4.69) is 10.6 Å². The predicted octanol–water partition coefficient (Wildman–Crippen LogP) is 6.04. The van der Waals surface area contributed by atoms with E-state index in [1.54, 1.807) is 19.2 Å². The molecule has 0 aromatic heterocycles. The van der Waals surface area contributed by atoms with Crippen LogP contribution in [-0.2, 0) is 6.18 Å². The molecule has 9 heteroatoms. The average molecular weight is 441 g/mol. The summed E-state index contributed by atoms with van der Waals surface area (Å²) >= 11 is 0. The Kier molecular flexibility index (Phi) is 5.25. The molecule has 0 spiro atoms. The van der Waals surface area contributed by atoms with Gasteiger partial charge in [0, 0.05) is 18.4 Å². The molecule has 6 nitrogen and oxygen atoms in total. The van der Waals surface area contributed by atoms with Crippen LogP contribution in [0, 0.1) is 6.92 Å². The van der Waals surface area contributed by atoms with E-state index in [0.717, 1.165) is 17.7 Å². The van der Waals surface area contributed by atoms with E-state index in [9.17, 15) is 22.8 Å². The molecule has 0 bridgehead atoms. The van der Waals surface area contributed by atoms with Crippen LogP contribution in [0.15, 0.2) is 60.7 Å². The Morgan fingerprint density at radius 1 is 0.938 bits per heavy atom. The lowest BCUT2D eigenvalue weighted by Gasteiger charge is -2.17. The van der Waals surface area contributed by atoms with Crippen LogP contribution in [-0.4, -0.2) is 19.0 Å². The lowest BCUT2D eigenvalue weighted by molar-refractivity contribution is -0.137. The molecule has 2 N–H and O–H groups in total.